The molecule has 0 saturated carbocycles. The second kappa shape index (κ2) is 17.2. The van der Waals surface area contributed by atoms with Crippen molar-refractivity contribution < 1.29 is 23.9 Å². The van der Waals surface area contributed by atoms with E-state index in [1.165, 1.54) is 7.11 Å². The molecule has 0 aliphatic rings. The number of pyridine rings is 1. The number of hydrogen-bond donors (Lipinski definition) is 1. The van der Waals surface area contributed by atoms with Gasteiger partial charge in [0.05, 0.1) is 13.7 Å². The monoisotopic (exact) mass is 641 g/mol. The van der Waals surface area contributed by atoms with Crippen LogP contribution in [0, 0.1) is 0 Å². The van der Waals surface area contributed by atoms with E-state index in [9.17, 15) is 14.4 Å². The maximum absolute atomic E-state index is 13.2. The van der Waals surface area contributed by atoms with Gasteiger partial charge in [-0.05, 0) is 66.4 Å². The number of carbonyl (C=O) groups excluding carboxylic acids is 3. The number of benzene rings is 4. The lowest BCUT2D eigenvalue weighted by atomic mass is 10.00. The van der Waals surface area contributed by atoms with Gasteiger partial charge in [0.25, 0.3) is 0 Å². The molecule has 8 heteroatoms. The predicted molar refractivity (Wildman–Crippen MR) is 187 cm³/mol. The minimum Gasteiger partial charge on any atom is -0.494 e. The number of ketones is 1. The van der Waals surface area contributed by atoms with E-state index in [4.69, 9.17) is 9.47 Å². The Morgan fingerprint density at radius 1 is 0.792 bits per heavy atom. The number of aromatic nitrogens is 1. The average molecular weight is 642 g/mol. The number of rotatable bonds is 16. The van der Waals surface area contributed by atoms with Gasteiger partial charge in [0.2, 0.25) is 5.91 Å². The Hall–Kier alpha value is -5.76. The lowest BCUT2D eigenvalue weighted by molar-refractivity contribution is -0.141. The average Bonchev–Trinajstić information content (AvgIpc) is 3.15. The van der Waals surface area contributed by atoms with Crippen LogP contribution in [0.25, 0.3) is 0 Å². The summed E-state index contributed by atoms with van der Waals surface area (Å²) < 4.78 is 11.1. The number of hydrogen-bond acceptors (Lipinski definition) is 7. The summed E-state index contributed by atoms with van der Waals surface area (Å²) >= 11 is 0. The molecular formula is C40H39N3O5. The second-order valence-corrected chi connectivity index (χ2v) is 11.3. The fourth-order valence-electron chi connectivity index (χ4n) is 5.38. The third-order valence-corrected chi connectivity index (χ3v) is 7.90. The summed E-state index contributed by atoms with van der Waals surface area (Å²) in [6.45, 7) is 0.950. The molecule has 4 aromatic carbocycles. The third-order valence-electron chi connectivity index (χ3n) is 7.90. The van der Waals surface area contributed by atoms with Gasteiger partial charge in [-0.3, -0.25) is 14.6 Å². The molecule has 5 rings (SSSR count). The topological polar surface area (TPSA) is 97.8 Å². The molecule has 0 aliphatic heterocycles. The van der Waals surface area contributed by atoms with Crippen LogP contribution in [-0.2, 0) is 27.2 Å². The number of ether oxygens (including phenoxy) is 2. The van der Waals surface area contributed by atoms with Crippen molar-refractivity contribution in [1.82, 2.24) is 4.98 Å². The molecule has 0 saturated heterocycles. The van der Waals surface area contributed by atoms with Gasteiger partial charge in [-0.1, -0.05) is 78.9 Å². The number of methoxy groups -OCH3 is 1. The van der Waals surface area contributed by atoms with Crippen LogP contribution in [0.1, 0.15) is 39.9 Å². The molecule has 0 aliphatic carbocycles. The number of aryl methyl sites for hydroxylation is 1. The first kappa shape index (κ1) is 33.6. The van der Waals surface area contributed by atoms with E-state index in [0.29, 0.717) is 61.4 Å². The third kappa shape index (κ3) is 9.39. The Bertz CT molecular complexity index is 1760. The quantitative estimate of drug-likeness (QED) is 0.0708. The lowest BCUT2D eigenvalue weighted by Crippen LogP contribution is -2.33. The summed E-state index contributed by atoms with van der Waals surface area (Å²) in [5.41, 5.74) is 4.38. The molecule has 0 unspecified atom stereocenters. The number of esters is 1. The Kier molecular flexibility index (Phi) is 12.1. The van der Waals surface area contributed by atoms with E-state index in [1.807, 2.05) is 95.9 Å². The fraction of sp³-hybridized carbons (Fsp3) is 0.200. The highest BCUT2D eigenvalue weighted by molar-refractivity contribution is 6.12. The molecule has 8 nitrogen and oxygen atoms in total. The van der Waals surface area contributed by atoms with Crippen molar-refractivity contribution in [2.24, 2.45) is 0 Å². The van der Waals surface area contributed by atoms with Crippen molar-refractivity contribution in [1.29, 1.82) is 0 Å². The highest BCUT2D eigenvalue weighted by atomic mass is 16.5. The van der Waals surface area contributed by atoms with E-state index < -0.39 is 12.0 Å². The zero-order chi connectivity index (χ0) is 33.6. The fourth-order valence-corrected chi connectivity index (χ4v) is 5.38. The van der Waals surface area contributed by atoms with Crippen LogP contribution in [0.15, 0.2) is 134 Å². The Balaban J connectivity index is 1.16. The number of para-hydroxylation sites is 2. The van der Waals surface area contributed by atoms with Crippen LogP contribution in [0.2, 0.25) is 0 Å². The van der Waals surface area contributed by atoms with Gasteiger partial charge in [-0.25, -0.2) is 4.79 Å². The van der Waals surface area contributed by atoms with E-state index in [-0.39, 0.29) is 11.7 Å². The molecule has 0 fully saturated rings. The van der Waals surface area contributed by atoms with Crippen LogP contribution in [0.4, 0.5) is 11.4 Å². The molecule has 0 bridgehead atoms. The highest BCUT2D eigenvalue weighted by Gasteiger charge is 2.23. The van der Waals surface area contributed by atoms with Crippen molar-refractivity contribution in [3.05, 3.63) is 156 Å². The molecule has 1 aromatic heterocycles. The number of nitrogens with zero attached hydrogens (tertiary/aromatic N) is 2. The Labute approximate surface area is 281 Å². The summed E-state index contributed by atoms with van der Waals surface area (Å²) in [7, 11) is 1.35. The van der Waals surface area contributed by atoms with Crippen LogP contribution >= 0.6 is 0 Å². The molecule has 1 amide bonds. The molecule has 1 N–H and O–H groups in total. The van der Waals surface area contributed by atoms with E-state index in [0.717, 1.165) is 16.8 Å². The summed E-state index contributed by atoms with van der Waals surface area (Å²) in [5, 5.41) is 3.24. The van der Waals surface area contributed by atoms with E-state index in [2.05, 4.69) is 10.3 Å². The Morgan fingerprint density at radius 2 is 1.50 bits per heavy atom. The Morgan fingerprint density at radius 3 is 2.21 bits per heavy atom. The summed E-state index contributed by atoms with van der Waals surface area (Å²) in [4.78, 5) is 45.2. The maximum atomic E-state index is 13.2. The number of carbonyl (C=O) groups is 3. The molecule has 48 heavy (non-hydrogen) atoms. The van der Waals surface area contributed by atoms with Crippen LogP contribution in [-0.4, -0.2) is 48.9 Å². The molecule has 1 heterocycles. The standard InChI is InChI=1S/C40H39N3O5/c1-47-40(46)37(42-36-18-9-8-17-35(36)39(45)32-13-4-2-5-14-32)28-30-19-22-34(23-20-30)48-27-11-26-43(33-15-6-3-7-16-33)38(44)24-21-31-12-10-25-41-29-31/h2-10,12-20,22-23,25,29,37,42H,11,21,24,26-28H2,1H3/t37-/m0/s1. The molecule has 5 aromatic rings. The van der Waals surface area contributed by atoms with Crippen molar-refractivity contribution in [3.8, 4) is 5.75 Å². The van der Waals surface area contributed by atoms with Gasteiger partial charge in [0.1, 0.15) is 11.8 Å². The zero-order valence-corrected chi connectivity index (χ0v) is 27.0. The minimum atomic E-state index is -0.717. The predicted octanol–water partition coefficient (Wildman–Crippen LogP) is 6.94. The van der Waals surface area contributed by atoms with Crippen LogP contribution in [0.3, 0.4) is 0 Å². The SMILES string of the molecule is COC(=O)[C@H](Cc1ccc(OCCCN(C(=O)CCc2cccnc2)c2ccccc2)cc1)Nc1ccccc1C(=O)c1ccccc1. The van der Waals surface area contributed by atoms with Crippen LogP contribution < -0.4 is 15.0 Å². The van der Waals surface area contributed by atoms with Crippen LogP contribution in [0.5, 0.6) is 5.75 Å². The molecule has 0 spiro atoms. The van der Waals surface area contributed by atoms with Crippen molar-refractivity contribution in [3.63, 3.8) is 0 Å². The summed E-state index contributed by atoms with van der Waals surface area (Å²) in [5.74, 6) is 0.171. The van der Waals surface area contributed by atoms with Crippen molar-refractivity contribution in [2.75, 3.05) is 30.5 Å². The van der Waals surface area contributed by atoms with Crippen molar-refractivity contribution >= 4 is 29.0 Å². The van der Waals surface area contributed by atoms with Gasteiger partial charge in [0.15, 0.2) is 5.78 Å². The van der Waals surface area contributed by atoms with E-state index >= 15 is 0 Å². The molecule has 1 atom stereocenters. The van der Waals surface area contributed by atoms with E-state index in [1.54, 1.807) is 42.7 Å². The normalized spacial score (nSPS) is 11.3. The number of anilines is 2. The zero-order valence-electron chi connectivity index (χ0n) is 27.0. The lowest BCUT2D eigenvalue weighted by Gasteiger charge is -2.23. The summed E-state index contributed by atoms with van der Waals surface area (Å²) in [6, 6.07) is 36.6. The minimum absolute atomic E-state index is 0.0511. The first-order valence-electron chi connectivity index (χ1n) is 16.0. The van der Waals surface area contributed by atoms with Crippen molar-refractivity contribution in [2.45, 2.75) is 31.7 Å². The largest absolute Gasteiger partial charge is 0.494 e. The smallest absolute Gasteiger partial charge is 0.328 e. The highest BCUT2D eigenvalue weighted by Crippen LogP contribution is 2.23. The molecular weight excluding hydrogens is 602 g/mol. The molecule has 0 radical (unpaired) electrons. The van der Waals surface area contributed by atoms with Gasteiger partial charge in [-0.15, -0.1) is 0 Å². The molecule has 244 valence electrons. The first-order valence-corrected chi connectivity index (χ1v) is 16.0. The number of nitrogens with one attached hydrogen (secondary N) is 1. The number of amides is 1. The first-order chi connectivity index (χ1) is 23.5. The van der Waals surface area contributed by atoms with Gasteiger partial charge < -0.3 is 19.7 Å². The maximum Gasteiger partial charge on any atom is 0.328 e. The second-order valence-electron chi connectivity index (χ2n) is 11.3. The van der Waals surface area contributed by atoms with Gasteiger partial charge >= 0.3 is 5.97 Å². The van der Waals surface area contributed by atoms with Gasteiger partial charge in [0, 0.05) is 54.3 Å². The van der Waals surface area contributed by atoms with Gasteiger partial charge in [-0.2, -0.15) is 0 Å². The summed E-state index contributed by atoms with van der Waals surface area (Å²) in [6.07, 6.45) is 5.52.